The molecule has 0 saturated heterocycles. The van der Waals surface area contributed by atoms with Gasteiger partial charge in [0.1, 0.15) is 0 Å². The van der Waals surface area contributed by atoms with Crippen molar-refractivity contribution in [3.8, 4) is 0 Å². The molecule has 0 aliphatic carbocycles. The summed E-state index contributed by atoms with van der Waals surface area (Å²) in [7, 11) is -0.674. The number of benzene rings is 1. The minimum atomic E-state index is -0.674. The fourth-order valence-corrected chi connectivity index (χ4v) is 2.45. The molecule has 0 amide bonds. The lowest BCUT2D eigenvalue weighted by molar-refractivity contribution is 0.663. The van der Waals surface area contributed by atoms with E-state index in [1.165, 1.54) is 16.5 Å². The number of fused-ring (bicyclic) bond motifs is 1. The van der Waals surface area contributed by atoms with Crippen molar-refractivity contribution < 1.29 is 4.21 Å². The zero-order chi connectivity index (χ0) is 12.1. The van der Waals surface area contributed by atoms with Gasteiger partial charge in [0.2, 0.25) is 0 Å². The molecular formula is C13H18N2OS. The average molecular weight is 250 g/mol. The van der Waals surface area contributed by atoms with Gasteiger partial charge in [-0.2, -0.15) is 0 Å². The van der Waals surface area contributed by atoms with E-state index in [1.807, 2.05) is 6.07 Å². The molecule has 1 unspecified atom stereocenters. The Balaban J connectivity index is 1.85. The van der Waals surface area contributed by atoms with Crippen LogP contribution in [0.3, 0.4) is 0 Å². The van der Waals surface area contributed by atoms with Crippen molar-refractivity contribution in [2.24, 2.45) is 0 Å². The van der Waals surface area contributed by atoms with Gasteiger partial charge < -0.3 is 10.3 Å². The zero-order valence-corrected chi connectivity index (χ0v) is 10.8. The summed E-state index contributed by atoms with van der Waals surface area (Å²) in [6, 6.07) is 8.30. The van der Waals surface area contributed by atoms with Gasteiger partial charge in [-0.1, -0.05) is 18.2 Å². The molecule has 1 aromatic carbocycles. The summed E-state index contributed by atoms with van der Waals surface area (Å²) in [4.78, 5) is 3.26. The third-order valence-electron chi connectivity index (χ3n) is 2.78. The highest BCUT2D eigenvalue weighted by molar-refractivity contribution is 7.84. The Bertz CT molecular complexity index is 507. The van der Waals surface area contributed by atoms with Crippen LogP contribution in [-0.2, 0) is 17.3 Å². The van der Waals surface area contributed by atoms with Gasteiger partial charge in [0.25, 0.3) is 0 Å². The Hall–Kier alpha value is -1.13. The Kier molecular flexibility index (Phi) is 4.34. The standard InChI is InChI=1S/C13H18N2OS/c1-17(16)8-4-7-14-9-11-10-15-13-6-3-2-5-12(11)13/h2-3,5-6,10,14-15H,4,7-9H2,1H3. The Morgan fingerprint density at radius 2 is 2.18 bits per heavy atom. The fraction of sp³-hybridized carbons (Fsp3) is 0.385. The van der Waals surface area contributed by atoms with Crippen LogP contribution in [0.1, 0.15) is 12.0 Å². The van der Waals surface area contributed by atoms with Gasteiger partial charge in [-0.25, -0.2) is 0 Å². The Labute approximate surface area is 104 Å². The molecule has 0 aliphatic rings. The average Bonchev–Trinajstić information content (AvgIpc) is 2.72. The summed E-state index contributed by atoms with van der Waals surface area (Å²) in [5.74, 6) is 0.779. The van der Waals surface area contributed by atoms with Gasteiger partial charge in [-0.15, -0.1) is 0 Å². The minimum Gasteiger partial charge on any atom is -0.361 e. The summed E-state index contributed by atoms with van der Waals surface area (Å²) >= 11 is 0. The van der Waals surface area contributed by atoms with Gasteiger partial charge in [-0.05, 0) is 24.6 Å². The van der Waals surface area contributed by atoms with Crippen molar-refractivity contribution >= 4 is 21.7 Å². The second-order valence-electron chi connectivity index (χ2n) is 4.17. The van der Waals surface area contributed by atoms with Crippen molar-refractivity contribution in [1.29, 1.82) is 0 Å². The number of aromatic amines is 1. The van der Waals surface area contributed by atoms with Gasteiger partial charge in [0.15, 0.2) is 0 Å². The first-order chi connectivity index (χ1) is 8.27. The van der Waals surface area contributed by atoms with Crippen LogP contribution in [0.4, 0.5) is 0 Å². The van der Waals surface area contributed by atoms with E-state index in [9.17, 15) is 4.21 Å². The molecule has 0 aliphatic heterocycles. The van der Waals surface area contributed by atoms with E-state index in [4.69, 9.17) is 0 Å². The molecule has 0 radical (unpaired) electrons. The van der Waals surface area contributed by atoms with Crippen molar-refractivity contribution in [2.45, 2.75) is 13.0 Å². The highest BCUT2D eigenvalue weighted by Gasteiger charge is 2.01. The summed E-state index contributed by atoms with van der Waals surface area (Å²) in [6.07, 6.45) is 4.76. The van der Waals surface area contributed by atoms with E-state index in [0.29, 0.717) is 0 Å². The van der Waals surface area contributed by atoms with E-state index >= 15 is 0 Å². The second kappa shape index (κ2) is 5.98. The summed E-state index contributed by atoms with van der Waals surface area (Å²) in [6.45, 7) is 1.78. The molecule has 0 fully saturated rings. The molecule has 1 aromatic heterocycles. The SMILES string of the molecule is CS(=O)CCCNCc1c[nH]c2ccccc12. The summed E-state index contributed by atoms with van der Waals surface area (Å²) in [5.41, 5.74) is 2.47. The van der Waals surface area contributed by atoms with Crippen LogP contribution in [0, 0.1) is 0 Å². The predicted molar refractivity (Wildman–Crippen MR) is 73.6 cm³/mol. The molecule has 2 aromatic rings. The van der Waals surface area contributed by atoms with Gasteiger partial charge in [0.05, 0.1) is 0 Å². The lowest BCUT2D eigenvalue weighted by Crippen LogP contribution is -2.16. The largest absolute Gasteiger partial charge is 0.361 e. The minimum absolute atomic E-state index is 0.674. The molecule has 0 spiro atoms. The maximum atomic E-state index is 10.9. The maximum absolute atomic E-state index is 10.9. The predicted octanol–water partition coefficient (Wildman–Crippen LogP) is 2.03. The first kappa shape index (κ1) is 12.3. The van der Waals surface area contributed by atoms with Crippen LogP contribution < -0.4 is 5.32 Å². The monoisotopic (exact) mass is 250 g/mol. The normalized spacial score (nSPS) is 13.0. The van der Waals surface area contributed by atoms with Crippen LogP contribution in [0.5, 0.6) is 0 Å². The number of rotatable bonds is 6. The van der Waals surface area contributed by atoms with Gasteiger partial charge >= 0.3 is 0 Å². The number of nitrogens with one attached hydrogen (secondary N) is 2. The molecule has 3 nitrogen and oxygen atoms in total. The van der Waals surface area contributed by atoms with Crippen molar-refractivity contribution in [3.63, 3.8) is 0 Å². The van der Waals surface area contributed by atoms with Crippen molar-refractivity contribution in [2.75, 3.05) is 18.6 Å². The molecule has 0 bridgehead atoms. The second-order valence-corrected chi connectivity index (χ2v) is 5.72. The van der Waals surface area contributed by atoms with Crippen LogP contribution in [0.2, 0.25) is 0 Å². The van der Waals surface area contributed by atoms with Crippen molar-refractivity contribution in [1.82, 2.24) is 10.3 Å². The molecule has 92 valence electrons. The Morgan fingerprint density at radius 1 is 1.35 bits per heavy atom. The molecule has 2 N–H and O–H groups in total. The number of aromatic nitrogens is 1. The molecule has 1 heterocycles. The van der Waals surface area contributed by atoms with Crippen molar-refractivity contribution in [3.05, 3.63) is 36.0 Å². The molecule has 17 heavy (non-hydrogen) atoms. The topological polar surface area (TPSA) is 44.9 Å². The highest BCUT2D eigenvalue weighted by atomic mass is 32.2. The molecule has 2 rings (SSSR count). The van der Waals surface area contributed by atoms with E-state index in [2.05, 4.69) is 34.7 Å². The van der Waals surface area contributed by atoms with E-state index < -0.39 is 10.8 Å². The van der Waals surface area contributed by atoms with Gasteiger partial charge in [-0.3, -0.25) is 4.21 Å². The Morgan fingerprint density at radius 3 is 3.00 bits per heavy atom. The lowest BCUT2D eigenvalue weighted by Gasteiger charge is -2.02. The van der Waals surface area contributed by atoms with E-state index in [0.717, 1.165) is 25.3 Å². The first-order valence-electron chi connectivity index (χ1n) is 5.83. The number of hydrogen-bond acceptors (Lipinski definition) is 2. The molecule has 0 saturated carbocycles. The quantitative estimate of drug-likeness (QED) is 0.770. The lowest BCUT2D eigenvalue weighted by atomic mass is 10.2. The molecule has 4 heteroatoms. The number of H-pyrrole nitrogens is 1. The zero-order valence-electron chi connectivity index (χ0n) is 10.0. The van der Waals surface area contributed by atoms with Gasteiger partial charge in [0, 0.05) is 46.5 Å². The third-order valence-corrected chi connectivity index (χ3v) is 3.64. The summed E-state index contributed by atoms with van der Waals surface area (Å²) in [5, 5.41) is 4.66. The molecular weight excluding hydrogens is 232 g/mol. The van der Waals surface area contributed by atoms with Crippen LogP contribution in [0.25, 0.3) is 10.9 Å². The van der Waals surface area contributed by atoms with E-state index in [1.54, 1.807) is 6.26 Å². The molecule has 1 atom stereocenters. The van der Waals surface area contributed by atoms with Crippen LogP contribution in [-0.4, -0.2) is 27.7 Å². The first-order valence-corrected chi connectivity index (χ1v) is 7.56. The van der Waals surface area contributed by atoms with Crippen LogP contribution in [0.15, 0.2) is 30.5 Å². The van der Waals surface area contributed by atoms with Crippen LogP contribution >= 0.6 is 0 Å². The summed E-state index contributed by atoms with van der Waals surface area (Å²) < 4.78 is 10.9. The third kappa shape index (κ3) is 3.41. The maximum Gasteiger partial charge on any atom is 0.0457 e. The number of hydrogen-bond donors (Lipinski definition) is 2. The fourth-order valence-electron chi connectivity index (χ4n) is 1.90. The number of para-hydroxylation sites is 1. The van der Waals surface area contributed by atoms with E-state index in [-0.39, 0.29) is 0 Å². The highest BCUT2D eigenvalue weighted by Crippen LogP contribution is 2.17. The smallest absolute Gasteiger partial charge is 0.0457 e.